The van der Waals surface area contributed by atoms with Crippen LogP contribution in [0, 0.1) is 0 Å². The number of hydrogen-bond donors (Lipinski definition) is 2. The minimum Gasteiger partial charge on any atom is -0.459 e. The summed E-state index contributed by atoms with van der Waals surface area (Å²) in [5.41, 5.74) is 3.59. The van der Waals surface area contributed by atoms with Crippen molar-refractivity contribution in [2.24, 2.45) is 10.9 Å². The fraction of sp³-hybridized carbons (Fsp3) is 0.818. The van der Waals surface area contributed by atoms with Gasteiger partial charge >= 0.3 is 5.97 Å². The highest BCUT2D eigenvalue weighted by Crippen LogP contribution is 2.50. The number of nitrogens with two attached hydrogens (primary N) is 1. The molecule has 0 heterocycles. The Labute approximate surface area is 113 Å². The van der Waals surface area contributed by atoms with E-state index in [-0.39, 0.29) is 18.9 Å². The van der Waals surface area contributed by atoms with Crippen LogP contribution in [0.5, 0.6) is 0 Å². The molecule has 0 saturated carbocycles. The van der Waals surface area contributed by atoms with E-state index in [9.17, 15) is 9.36 Å². The standard InChI is InChI=1S/C11H23N2O5P/c1-6-17-19(5,16)8(7-9(12)13-15)10(14)18-11(2,3)4/h8,15H,6-7H2,1-5H3,(H2,12,13). The van der Waals surface area contributed by atoms with Gasteiger partial charge in [-0.1, -0.05) is 5.16 Å². The van der Waals surface area contributed by atoms with Gasteiger partial charge < -0.3 is 20.2 Å². The predicted molar refractivity (Wildman–Crippen MR) is 72.8 cm³/mol. The SMILES string of the molecule is CCOP(C)(=O)C(CC(N)=NO)C(=O)OC(C)(C)C. The molecule has 0 aliphatic rings. The first-order chi connectivity index (χ1) is 8.53. The van der Waals surface area contributed by atoms with Crippen molar-refractivity contribution in [2.45, 2.75) is 45.4 Å². The van der Waals surface area contributed by atoms with E-state index in [2.05, 4.69) is 5.16 Å². The number of amidine groups is 1. The lowest BCUT2D eigenvalue weighted by molar-refractivity contribution is -0.154. The zero-order chi connectivity index (χ0) is 15.3. The summed E-state index contributed by atoms with van der Waals surface area (Å²) in [6.07, 6.45) is -0.181. The highest BCUT2D eigenvalue weighted by atomic mass is 31.2. The summed E-state index contributed by atoms with van der Waals surface area (Å²) in [6, 6.07) is 0. The Morgan fingerprint density at radius 2 is 2.00 bits per heavy atom. The predicted octanol–water partition coefficient (Wildman–Crippen LogP) is 1.78. The van der Waals surface area contributed by atoms with Crippen LogP contribution in [0.4, 0.5) is 0 Å². The Hall–Kier alpha value is -1.07. The molecule has 0 aromatic carbocycles. The molecule has 112 valence electrons. The van der Waals surface area contributed by atoms with Crippen LogP contribution in [0.3, 0.4) is 0 Å². The smallest absolute Gasteiger partial charge is 0.319 e. The largest absolute Gasteiger partial charge is 0.459 e. The molecule has 2 unspecified atom stereocenters. The third kappa shape index (κ3) is 6.59. The number of carbonyl (C=O) groups excluding carboxylic acids is 1. The van der Waals surface area contributed by atoms with Crippen molar-refractivity contribution >= 4 is 19.2 Å². The van der Waals surface area contributed by atoms with Gasteiger partial charge in [0.2, 0.25) is 7.37 Å². The van der Waals surface area contributed by atoms with Gasteiger partial charge in [-0.2, -0.15) is 0 Å². The average Bonchev–Trinajstić information content (AvgIpc) is 2.22. The number of carbonyl (C=O) groups is 1. The van der Waals surface area contributed by atoms with Gasteiger partial charge in [-0.15, -0.1) is 0 Å². The highest BCUT2D eigenvalue weighted by Gasteiger charge is 2.39. The number of oxime groups is 1. The van der Waals surface area contributed by atoms with E-state index in [0.717, 1.165) is 0 Å². The second-order valence-electron chi connectivity index (χ2n) is 5.17. The van der Waals surface area contributed by atoms with Crippen molar-refractivity contribution in [1.29, 1.82) is 0 Å². The van der Waals surface area contributed by atoms with E-state index < -0.39 is 24.6 Å². The minimum atomic E-state index is -3.26. The van der Waals surface area contributed by atoms with Gasteiger partial charge in [-0.05, 0) is 27.7 Å². The average molecular weight is 294 g/mol. The number of nitrogens with zero attached hydrogens (tertiary/aromatic N) is 1. The molecular weight excluding hydrogens is 271 g/mol. The molecule has 0 bridgehead atoms. The molecule has 0 aromatic rings. The van der Waals surface area contributed by atoms with Crippen molar-refractivity contribution < 1.29 is 23.8 Å². The third-order valence-electron chi connectivity index (χ3n) is 2.16. The van der Waals surface area contributed by atoms with Gasteiger partial charge in [-0.25, -0.2) is 0 Å². The lowest BCUT2D eigenvalue weighted by Gasteiger charge is -2.26. The second kappa shape index (κ2) is 6.91. The van der Waals surface area contributed by atoms with Gasteiger partial charge in [0.15, 0.2) is 0 Å². The monoisotopic (exact) mass is 294 g/mol. The maximum absolute atomic E-state index is 12.4. The van der Waals surface area contributed by atoms with Crippen LogP contribution in [0.2, 0.25) is 0 Å². The first-order valence-corrected chi connectivity index (χ1v) is 8.08. The van der Waals surface area contributed by atoms with Crippen molar-refractivity contribution in [2.75, 3.05) is 13.3 Å². The Kier molecular flexibility index (Phi) is 6.52. The number of hydrogen-bond acceptors (Lipinski definition) is 6. The lowest BCUT2D eigenvalue weighted by atomic mass is 10.2. The van der Waals surface area contributed by atoms with E-state index in [1.54, 1.807) is 27.7 Å². The highest BCUT2D eigenvalue weighted by molar-refractivity contribution is 7.60. The van der Waals surface area contributed by atoms with E-state index in [0.29, 0.717) is 0 Å². The summed E-state index contributed by atoms with van der Waals surface area (Å²) in [6.45, 7) is 8.32. The molecule has 0 rings (SSSR count). The van der Waals surface area contributed by atoms with Crippen LogP contribution in [0.15, 0.2) is 5.16 Å². The van der Waals surface area contributed by atoms with Crippen LogP contribution >= 0.6 is 7.37 Å². The van der Waals surface area contributed by atoms with Crippen LogP contribution in [0.1, 0.15) is 34.1 Å². The van der Waals surface area contributed by atoms with Crippen molar-refractivity contribution in [3.63, 3.8) is 0 Å². The molecular formula is C11H23N2O5P. The zero-order valence-corrected chi connectivity index (χ0v) is 12.9. The van der Waals surface area contributed by atoms with Gasteiger partial charge in [0.25, 0.3) is 0 Å². The summed E-state index contributed by atoms with van der Waals surface area (Å²) >= 11 is 0. The first kappa shape index (κ1) is 17.9. The molecule has 0 saturated heterocycles. The van der Waals surface area contributed by atoms with Gasteiger partial charge in [-0.3, -0.25) is 9.36 Å². The van der Waals surface area contributed by atoms with Crippen molar-refractivity contribution in [3.8, 4) is 0 Å². The quantitative estimate of drug-likeness (QED) is 0.193. The van der Waals surface area contributed by atoms with E-state index in [1.807, 2.05) is 0 Å². The molecule has 19 heavy (non-hydrogen) atoms. The molecule has 0 aliphatic carbocycles. The van der Waals surface area contributed by atoms with Gasteiger partial charge in [0.05, 0.1) is 6.61 Å². The lowest BCUT2D eigenvalue weighted by Crippen LogP contribution is -2.35. The van der Waals surface area contributed by atoms with E-state index in [1.165, 1.54) is 6.66 Å². The van der Waals surface area contributed by atoms with E-state index in [4.69, 9.17) is 20.2 Å². The Morgan fingerprint density at radius 3 is 2.37 bits per heavy atom. The maximum Gasteiger partial charge on any atom is 0.319 e. The number of esters is 1. The minimum absolute atomic E-state index is 0.181. The summed E-state index contributed by atoms with van der Waals surface area (Å²) in [5.74, 6) is -0.879. The third-order valence-corrected chi connectivity index (χ3v) is 4.46. The molecule has 3 N–H and O–H groups in total. The fourth-order valence-corrected chi connectivity index (χ4v) is 3.04. The molecule has 0 amide bonds. The topological polar surface area (TPSA) is 111 Å². The Morgan fingerprint density at radius 1 is 1.47 bits per heavy atom. The zero-order valence-electron chi connectivity index (χ0n) is 12.0. The molecule has 0 radical (unpaired) electrons. The van der Waals surface area contributed by atoms with Crippen LogP contribution < -0.4 is 5.73 Å². The van der Waals surface area contributed by atoms with E-state index >= 15 is 0 Å². The Bertz CT molecular complexity index is 389. The molecule has 7 nitrogen and oxygen atoms in total. The molecule has 0 spiro atoms. The number of ether oxygens (including phenoxy) is 1. The molecule has 0 aromatic heterocycles. The summed E-state index contributed by atoms with van der Waals surface area (Å²) < 4.78 is 22.7. The fourth-order valence-electron chi connectivity index (χ4n) is 1.40. The first-order valence-electron chi connectivity index (χ1n) is 5.94. The Balaban J connectivity index is 5.17. The molecule has 0 fully saturated rings. The van der Waals surface area contributed by atoms with Crippen LogP contribution in [-0.4, -0.2) is 41.5 Å². The molecule has 0 aliphatic heterocycles. The van der Waals surface area contributed by atoms with Crippen LogP contribution in [0.25, 0.3) is 0 Å². The summed E-state index contributed by atoms with van der Waals surface area (Å²) in [5, 5.41) is 11.4. The summed E-state index contributed by atoms with van der Waals surface area (Å²) in [4.78, 5) is 12.1. The number of rotatable bonds is 6. The van der Waals surface area contributed by atoms with Crippen LogP contribution in [-0.2, 0) is 18.6 Å². The van der Waals surface area contributed by atoms with Gasteiger partial charge in [0.1, 0.15) is 17.1 Å². The second-order valence-corrected chi connectivity index (χ2v) is 7.87. The molecule has 2 atom stereocenters. The van der Waals surface area contributed by atoms with Crippen molar-refractivity contribution in [3.05, 3.63) is 0 Å². The van der Waals surface area contributed by atoms with Gasteiger partial charge in [0, 0.05) is 13.1 Å². The maximum atomic E-state index is 12.4. The van der Waals surface area contributed by atoms with Crippen molar-refractivity contribution in [1.82, 2.24) is 0 Å². The molecule has 8 heteroatoms. The summed E-state index contributed by atoms with van der Waals surface area (Å²) in [7, 11) is -3.26. The normalized spacial score (nSPS) is 17.6.